The van der Waals surface area contributed by atoms with E-state index in [1.165, 1.54) is 0 Å². The minimum Gasteiger partial charge on any atom is -0.381 e. The van der Waals surface area contributed by atoms with Crippen molar-refractivity contribution in [2.75, 3.05) is 37.4 Å². The van der Waals surface area contributed by atoms with E-state index in [0.29, 0.717) is 56.3 Å². The lowest BCUT2D eigenvalue weighted by Crippen LogP contribution is -2.43. The maximum atomic E-state index is 13.9. The van der Waals surface area contributed by atoms with Crippen LogP contribution >= 0.6 is 0 Å². The van der Waals surface area contributed by atoms with E-state index >= 15 is 0 Å². The van der Waals surface area contributed by atoms with E-state index in [0.717, 1.165) is 29.4 Å². The zero-order chi connectivity index (χ0) is 25.3. The molecule has 2 saturated heterocycles. The number of benzene rings is 1. The molecule has 2 aliphatic heterocycles. The van der Waals surface area contributed by atoms with E-state index in [1.807, 2.05) is 41.8 Å². The molecule has 0 unspecified atom stereocenters. The molecule has 3 aromatic rings. The number of anilines is 1. The van der Waals surface area contributed by atoms with Gasteiger partial charge in [0, 0.05) is 55.5 Å². The van der Waals surface area contributed by atoms with Crippen molar-refractivity contribution in [1.82, 2.24) is 18.8 Å². The summed E-state index contributed by atoms with van der Waals surface area (Å²) in [5.41, 5.74) is 3.18. The fourth-order valence-electron chi connectivity index (χ4n) is 5.18. The van der Waals surface area contributed by atoms with Gasteiger partial charge in [-0.25, -0.2) is 17.7 Å². The van der Waals surface area contributed by atoms with Crippen LogP contribution in [0, 0.1) is 6.92 Å². The van der Waals surface area contributed by atoms with Gasteiger partial charge in [0.05, 0.1) is 5.75 Å². The van der Waals surface area contributed by atoms with Crippen molar-refractivity contribution in [3.8, 4) is 11.1 Å². The number of hydrogen-bond acceptors (Lipinski definition) is 7. The van der Waals surface area contributed by atoms with Crippen LogP contribution in [-0.2, 0) is 14.8 Å². The summed E-state index contributed by atoms with van der Waals surface area (Å²) in [4.78, 5) is 23.3. The first kappa shape index (κ1) is 24.9. The second-order valence-electron chi connectivity index (χ2n) is 9.58. The Morgan fingerprint density at radius 1 is 1.08 bits per heavy atom. The lowest BCUT2D eigenvalue weighted by atomic mass is 10.00. The average molecular weight is 512 g/mol. The first-order valence-corrected chi connectivity index (χ1v) is 14.3. The van der Waals surface area contributed by atoms with E-state index in [4.69, 9.17) is 9.72 Å². The number of nitrogens with zero attached hydrogens (tertiary/aromatic N) is 4. The Kier molecular flexibility index (Phi) is 7.09. The van der Waals surface area contributed by atoms with Crippen LogP contribution in [0.25, 0.3) is 22.2 Å². The zero-order valence-corrected chi connectivity index (χ0v) is 21.6. The number of rotatable bonds is 6. The van der Waals surface area contributed by atoms with Gasteiger partial charge >= 0.3 is 0 Å². The standard InChI is InChI=1S/C26H33N5O4S/c1-3-36(33,34)30-12-8-20(9-13-30)28-26-27-17-19-16-23(22-7-5-4-6-18(22)2)25(32)31(24(19)29-26)21-10-14-35-15-11-21/h4-7,16-17,20-21H,3,8-15H2,1-2H3,(H,27,28,29). The minimum absolute atomic E-state index is 0.00274. The summed E-state index contributed by atoms with van der Waals surface area (Å²) >= 11 is 0. The fourth-order valence-corrected chi connectivity index (χ4v) is 6.32. The molecule has 0 amide bonds. The summed E-state index contributed by atoms with van der Waals surface area (Å²) < 4.78 is 33.3. The van der Waals surface area contributed by atoms with Gasteiger partial charge in [-0.15, -0.1) is 0 Å². The molecule has 0 saturated carbocycles. The summed E-state index contributed by atoms with van der Waals surface area (Å²) in [6.07, 6.45) is 4.64. The molecule has 1 N–H and O–H groups in total. The van der Waals surface area contributed by atoms with Crippen LogP contribution in [0.1, 0.15) is 44.2 Å². The van der Waals surface area contributed by atoms with Crippen LogP contribution in [0.2, 0.25) is 0 Å². The third-order valence-electron chi connectivity index (χ3n) is 7.31. The largest absolute Gasteiger partial charge is 0.381 e. The minimum atomic E-state index is -3.17. The third-order valence-corrected chi connectivity index (χ3v) is 9.19. The van der Waals surface area contributed by atoms with Crippen LogP contribution in [0.4, 0.5) is 5.95 Å². The first-order valence-electron chi connectivity index (χ1n) is 12.7. The quantitative estimate of drug-likeness (QED) is 0.541. The molecule has 0 radical (unpaired) electrons. The lowest BCUT2D eigenvalue weighted by Gasteiger charge is -2.31. The molecule has 2 fully saturated rings. The van der Waals surface area contributed by atoms with E-state index in [1.54, 1.807) is 17.4 Å². The molecule has 2 aliphatic rings. The molecule has 0 spiro atoms. The van der Waals surface area contributed by atoms with Crippen LogP contribution in [0.5, 0.6) is 0 Å². The van der Waals surface area contributed by atoms with Crippen LogP contribution in [-0.4, -0.2) is 65.4 Å². The Labute approximate surface area is 211 Å². The van der Waals surface area contributed by atoms with Gasteiger partial charge in [0.1, 0.15) is 5.65 Å². The van der Waals surface area contributed by atoms with E-state index < -0.39 is 10.0 Å². The molecule has 9 nitrogen and oxygen atoms in total. The normalized spacial score (nSPS) is 18.5. The molecule has 10 heteroatoms. The average Bonchev–Trinajstić information content (AvgIpc) is 2.90. The van der Waals surface area contributed by atoms with Crippen molar-refractivity contribution in [2.24, 2.45) is 0 Å². The zero-order valence-electron chi connectivity index (χ0n) is 20.8. The Bertz CT molecular complexity index is 1410. The topological polar surface area (TPSA) is 106 Å². The maximum absolute atomic E-state index is 13.9. The summed E-state index contributed by atoms with van der Waals surface area (Å²) in [5, 5.41) is 4.20. The number of hydrogen-bond donors (Lipinski definition) is 1. The fraction of sp³-hybridized carbons (Fsp3) is 0.500. The van der Waals surface area contributed by atoms with Gasteiger partial charge in [0.15, 0.2) is 0 Å². The van der Waals surface area contributed by atoms with Crippen LogP contribution in [0.15, 0.2) is 41.3 Å². The molecule has 0 bridgehead atoms. The number of nitrogens with one attached hydrogen (secondary N) is 1. The molecule has 36 heavy (non-hydrogen) atoms. The highest BCUT2D eigenvalue weighted by Gasteiger charge is 2.27. The lowest BCUT2D eigenvalue weighted by molar-refractivity contribution is 0.0697. The Morgan fingerprint density at radius 3 is 2.50 bits per heavy atom. The van der Waals surface area contributed by atoms with Crippen molar-refractivity contribution in [1.29, 1.82) is 0 Å². The summed E-state index contributed by atoms with van der Waals surface area (Å²) in [6, 6.07) is 9.88. The molecule has 192 valence electrons. The van der Waals surface area contributed by atoms with Gasteiger partial charge in [-0.3, -0.25) is 9.36 Å². The highest BCUT2D eigenvalue weighted by Crippen LogP contribution is 2.28. The van der Waals surface area contributed by atoms with Gasteiger partial charge in [0.2, 0.25) is 16.0 Å². The predicted molar refractivity (Wildman–Crippen MR) is 141 cm³/mol. The van der Waals surface area contributed by atoms with Crippen molar-refractivity contribution < 1.29 is 13.2 Å². The van der Waals surface area contributed by atoms with Crippen molar-refractivity contribution in [2.45, 2.75) is 51.6 Å². The smallest absolute Gasteiger partial charge is 0.260 e. The summed E-state index contributed by atoms with van der Waals surface area (Å²) in [7, 11) is -3.17. The number of sulfonamides is 1. The Hall–Kier alpha value is -2.82. The van der Waals surface area contributed by atoms with Gasteiger partial charge < -0.3 is 10.1 Å². The molecular formula is C26H33N5O4S. The predicted octanol–water partition coefficient (Wildman–Crippen LogP) is 3.34. The molecule has 4 heterocycles. The molecule has 0 atom stereocenters. The second kappa shape index (κ2) is 10.3. The van der Waals surface area contributed by atoms with E-state index in [-0.39, 0.29) is 23.4 Å². The molecule has 0 aliphatic carbocycles. The highest BCUT2D eigenvalue weighted by molar-refractivity contribution is 7.89. The molecule has 1 aromatic carbocycles. The number of aromatic nitrogens is 3. The number of pyridine rings is 1. The number of piperidine rings is 1. The number of aryl methyl sites for hydroxylation is 1. The van der Waals surface area contributed by atoms with Gasteiger partial charge in [-0.2, -0.15) is 4.98 Å². The Balaban J connectivity index is 1.50. The molecular weight excluding hydrogens is 478 g/mol. The highest BCUT2D eigenvalue weighted by atomic mass is 32.2. The van der Waals surface area contributed by atoms with E-state index in [2.05, 4.69) is 10.3 Å². The van der Waals surface area contributed by atoms with Crippen LogP contribution < -0.4 is 10.9 Å². The van der Waals surface area contributed by atoms with Crippen LogP contribution in [0.3, 0.4) is 0 Å². The SMILES string of the molecule is CCS(=O)(=O)N1CCC(Nc2ncc3cc(-c4ccccc4C)c(=O)n(C4CCOCC4)c3n2)CC1. The number of fused-ring (bicyclic) bond motifs is 1. The second-order valence-corrected chi connectivity index (χ2v) is 11.8. The van der Waals surface area contributed by atoms with Crippen molar-refractivity contribution in [3.05, 3.63) is 52.4 Å². The maximum Gasteiger partial charge on any atom is 0.260 e. The summed E-state index contributed by atoms with van der Waals surface area (Å²) in [5.74, 6) is 0.579. The number of ether oxygens (including phenoxy) is 1. The first-order chi connectivity index (χ1) is 17.4. The van der Waals surface area contributed by atoms with Gasteiger partial charge in [0.25, 0.3) is 5.56 Å². The molecule has 2 aromatic heterocycles. The Morgan fingerprint density at radius 2 is 1.81 bits per heavy atom. The van der Waals surface area contributed by atoms with Gasteiger partial charge in [-0.1, -0.05) is 24.3 Å². The third kappa shape index (κ3) is 4.89. The van der Waals surface area contributed by atoms with Crippen molar-refractivity contribution >= 4 is 27.0 Å². The monoisotopic (exact) mass is 511 g/mol. The van der Waals surface area contributed by atoms with Crippen molar-refractivity contribution in [3.63, 3.8) is 0 Å². The van der Waals surface area contributed by atoms with E-state index in [9.17, 15) is 13.2 Å². The molecule has 5 rings (SSSR count). The summed E-state index contributed by atoms with van der Waals surface area (Å²) in [6.45, 7) is 5.87. The van der Waals surface area contributed by atoms with Gasteiger partial charge in [-0.05, 0) is 56.7 Å².